The lowest BCUT2D eigenvalue weighted by Gasteiger charge is -2.29. The fourth-order valence-electron chi connectivity index (χ4n) is 2.60. The van der Waals surface area contributed by atoms with Gasteiger partial charge in [-0.05, 0) is 19.4 Å². The number of nitrogens with one attached hydrogen (secondary N) is 2. The van der Waals surface area contributed by atoms with Gasteiger partial charge in [0.05, 0.1) is 18.2 Å². The van der Waals surface area contributed by atoms with Crippen LogP contribution in [0.25, 0.3) is 0 Å². The number of amides is 2. The van der Waals surface area contributed by atoms with Crippen molar-refractivity contribution in [3.05, 3.63) is 41.1 Å². The van der Waals surface area contributed by atoms with Crippen LogP contribution in [0, 0.1) is 0 Å². The summed E-state index contributed by atoms with van der Waals surface area (Å²) in [5.74, 6) is -0.114. The Hall–Kier alpha value is -1.63. The minimum atomic E-state index is -1.73. The van der Waals surface area contributed by atoms with Crippen molar-refractivity contribution >= 4 is 46.8 Å². The summed E-state index contributed by atoms with van der Waals surface area (Å²) in [6, 6.07) is 6.02. The minimum absolute atomic E-state index is 0.218. The Kier molecular flexibility index (Phi) is 7.65. The van der Waals surface area contributed by atoms with Gasteiger partial charge in [-0.2, -0.15) is 0 Å². The van der Waals surface area contributed by atoms with Crippen molar-refractivity contribution in [1.29, 1.82) is 0 Å². The lowest BCUT2D eigenvalue weighted by Crippen LogP contribution is -2.45. The zero-order chi connectivity index (χ0) is 20.0. The molecule has 0 fully saturated rings. The first-order valence-corrected chi connectivity index (χ1v) is 9.60. The van der Waals surface area contributed by atoms with E-state index in [1.807, 2.05) is 6.07 Å². The third kappa shape index (κ3) is 6.19. The van der Waals surface area contributed by atoms with Crippen molar-refractivity contribution in [3.8, 4) is 5.75 Å². The van der Waals surface area contributed by atoms with Crippen LogP contribution < -0.4 is 15.4 Å². The Morgan fingerprint density at radius 3 is 2.63 bits per heavy atom. The summed E-state index contributed by atoms with van der Waals surface area (Å²) >= 11 is 17.0. The fraction of sp³-hybridized carbons (Fsp3) is 0.444. The van der Waals surface area contributed by atoms with Gasteiger partial charge in [0, 0.05) is 11.3 Å². The van der Waals surface area contributed by atoms with Crippen molar-refractivity contribution in [3.63, 3.8) is 0 Å². The van der Waals surface area contributed by atoms with Crippen molar-refractivity contribution in [2.24, 2.45) is 0 Å². The molecule has 0 unspecified atom stereocenters. The van der Waals surface area contributed by atoms with Crippen molar-refractivity contribution in [2.45, 2.75) is 36.5 Å². The van der Waals surface area contributed by atoms with E-state index in [0.29, 0.717) is 23.6 Å². The Labute approximate surface area is 173 Å². The number of hydrogen-bond acceptors (Lipinski definition) is 4. The van der Waals surface area contributed by atoms with E-state index in [0.717, 1.165) is 12.8 Å². The third-order valence-electron chi connectivity index (χ3n) is 3.84. The molecule has 9 heteroatoms. The minimum Gasteiger partial charge on any atom is -0.493 e. The number of unbranched alkanes of at least 4 members (excludes halogenated alkanes) is 1. The molecule has 1 aromatic carbocycles. The maximum atomic E-state index is 12.6. The maximum Gasteiger partial charge on any atom is 0.338 e. The van der Waals surface area contributed by atoms with Gasteiger partial charge in [0.25, 0.3) is 0 Å². The van der Waals surface area contributed by atoms with Crippen LogP contribution in [0.3, 0.4) is 0 Å². The molecule has 1 atom stereocenters. The molecule has 0 aromatic heterocycles. The molecule has 0 bridgehead atoms. The number of allylic oxidation sites excluding steroid dienone is 1. The fourth-order valence-corrected chi connectivity index (χ4v) is 2.76. The molecule has 1 aromatic rings. The van der Waals surface area contributed by atoms with Crippen molar-refractivity contribution in [1.82, 2.24) is 10.6 Å². The zero-order valence-corrected chi connectivity index (χ0v) is 17.2. The van der Waals surface area contributed by atoms with Crippen LogP contribution in [0.5, 0.6) is 5.75 Å². The highest BCUT2D eigenvalue weighted by Gasteiger charge is 2.35. The Balaban J connectivity index is 2.34. The summed E-state index contributed by atoms with van der Waals surface area (Å²) in [7, 11) is 0. The van der Waals surface area contributed by atoms with E-state index in [1.165, 1.54) is 0 Å². The Bertz CT molecular complexity index is 732. The average molecular weight is 436 g/mol. The van der Waals surface area contributed by atoms with Gasteiger partial charge >= 0.3 is 12.0 Å². The lowest BCUT2D eigenvalue weighted by molar-refractivity contribution is -0.139. The maximum absolute atomic E-state index is 12.6. The van der Waals surface area contributed by atoms with Gasteiger partial charge in [0.1, 0.15) is 12.4 Å². The highest BCUT2D eigenvalue weighted by Crippen LogP contribution is 2.34. The van der Waals surface area contributed by atoms with Crippen LogP contribution in [0.1, 0.15) is 38.3 Å². The Morgan fingerprint density at radius 2 is 1.96 bits per heavy atom. The first kappa shape index (κ1) is 21.7. The normalized spacial score (nSPS) is 17.2. The second-order valence-corrected chi connectivity index (χ2v) is 8.52. The standard InChI is InChI=1S/C18H21Cl3N2O4/c1-3-4-9-26-13-8-6-5-7-12(13)15-14(11(2)22-17(25)23-15)16(24)27-10-18(19,20)21/h5-8,15H,3-4,9-10H2,1-2H3,(H2,22,23,25)/t15-/m0/s1. The van der Waals surface area contributed by atoms with Gasteiger partial charge in [0.15, 0.2) is 0 Å². The largest absolute Gasteiger partial charge is 0.493 e. The van der Waals surface area contributed by atoms with E-state index in [2.05, 4.69) is 17.6 Å². The molecule has 2 amide bonds. The summed E-state index contributed by atoms with van der Waals surface area (Å²) in [6.07, 6.45) is 1.87. The van der Waals surface area contributed by atoms with Gasteiger partial charge in [-0.25, -0.2) is 9.59 Å². The molecular formula is C18H21Cl3N2O4. The molecule has 6 nitrogen and oxygen atoms in total. The molecule has 148 valence electrons. The number of urea groups is 1. The highest BCUT2D eigenvalue weighted by molar-refractivity contribution is 6.67. The number of ether oxygens (including phenoxy) is 2. The number of hydrogen-bond donors (Lipinski definition) is 2. The number of para-hydroxylation sites is 1. The third-order valence-corrected chi connectivity index (χ3v) is 4.17. The molecule has 27 heavy (non-hydrogen) atoms. The second-order valence-electron chi connectivity index (χ2n) is 6.00. The lowest BCUT2D eigenvalue weighted by atomic mass is 9.95. The predicted molar refractivity (Wildman–Crippen MR) is 105 cm³/mol. The Morgan fingerprint density at radius 1 is 1.26 bits per heavy atom. The summed E-state index contributed by atoms with van der Waals surface area (Å²) in [5.41, 5.74) is 1.22. The van der Waals surface area contributed by atoms with Crippen LogP contribution in [0.15, 0.2) is 35.5 Å². The monoisotopic (exact) mass is 434 g/mol. The predicted octanol–water partition coefficient (Wildman–Crippen LogP) is 4.41. The number of halogens is 3. The average Bonchev–Trinajstić information content (AvgIpc) is 2.59. The zero-order valence-electron chi connectivity index (χ0n) is 15.0. The first-order chi connectivity index (χ1) is 12.7. The van der Waals surface area contributed by atoms with Gasteiger partial charge in [-0.3, -0.25) is 0 Å². The van der Waals surface area contributed by atoms with E-state index in [9.17, 15) is 9.59 Å². The van der Waals surface area contributed by atoms with E-state index < -0.39 is 28.4 Å². The van der Waals surface area contributed by atoms with Crippen LogP contribution in [-0.2, 0) is 9.53 Å². The number of rotatable bonds is 7. The van der Waals surface area contributed by atoms with E-state index in [-0.39, 0.29) is 5.57 Å². The molecule has 1 heterocycles. The first-order valence-electron chi connectivity index (χ1n) is 8.46. The summed E-state index contributed by atoms with van der Waals surface area (Å²) < 4.78 is 9.22. The van der Waals surface area contributed by atoms with E-state index in [4.69, 9.17) is 44.3 Å². The van der Waals surface area contributed by atoms with Gasteiger partial charge in [0.2, 0.25) is 3.79 Å². The quantitative estimate of drug-likeness (QED) is 0.378. The molecule has 1 aliphatic rings. The summed E-state index contributed by atoms with van der Waals surface area (Å²) in [6.45, 7) is 3.79. The molecule has 2 rings (SSSR count). The molecule has 0 saturated heterocycles. The highest BCUT2D eigenvalue weighted by atomic mass is 35.6. The molecule has 1 aliphatic heterocycles. The number of benzene rings is 1. The topological polar surface area (TPSA) is 76.7 Å². The molecule has 0 spiro atoms. The molecular weight excluding hydrogens is 415 g/mol. The molecule has 2 N–H and O–H groups in total. The van der Waals surface area contributed by atoms with Gasteiger partial charge < -0.3 is 20.1 Å². The smallest absolute Gasteiger partial charge is 0.338 e. The van der Waals surface area contributed by atoms with Crippen LogP contribution in [0.2, 0.25) is 0 Å². The van der Waals surface area contributed by atoms with Gasteiger partial charge in [-0.1, -0.05) is 66.3 Å². The number of carbonyl (C=O) groups excluding carboxylic acids is 2. The number of carbonyl (C=O) groups is 2. The van der Waals surface area contributed by atoms with Gasteiger partial charge in [-0.15, -0.1) is 0 Å². The summed E-state index contributed by atoms with van der Waals surface area (Å²) in [5, 5.41) is 5.30. The molecule has 0 saturated carbocycles. The van der Waals surface area contributed by atoms with Crippen LogP contribution in [-0.4, -0.2) is 29.0 Å². The molecule has 0 aliphatic carbocycles. The SMILES string of the molecule is CCCCOc1ccccc1[C@@H]1NC(=O)NC(C)=C1C(=O)OCC(Cl)(Cl)Cl. The van der Waals surface area contributed by atoms with Crippen LogP contribution in [0.4, 0.5) is 4.79 Å². The van der Waals surface area contributed by atoms with E-state index in [1.54, 1.807) is 25.1 Å². The molecule has 0 radical (unpaired) electrons. The number of alkyl halides is 3. The second kappa shape index (κ2) is 9.53. The number of esters is 1. The van der Waals surface area contributed by atoms with Crippen LogP contribution >= 0.6 is 34.8 Å². The summed E-state index contributed by atoms with van der Waals surface area (Å²) in [4.78, 5) is 24.6. The van der Waals surface area contributed by atoms with E-state index >= 15 is 0 Å². The van der Waals surface area contributed by atoms with Crippen molar-refractivity contribution in [2.75, 3.05) is 13.2 Å². The van der Waals surface area contributed by atoms with Crippen molar-refractivity contribution < 1.29 is 19.1 Å².